The molecule has 236 valence electrons. The van der Waals surface area contributed by atoms with Crippen molar-refractivity contribution in [2.45, 2.75) is 194 Å². The van der Waals surface area contributed by atoms with Crippen LogP contribution in [0, 0.1) is 11.8 Å². The molecule has 0 bridgehead atoms. The van der Waals surface area contributed by atoms with Crippen molar-refractivity contribution >= 4 is 11.9 Å². The van der Waals surface area contributed by atoms with Gasteiger partial charge in [0.2, 0.25) is 0 Å². The Morgan fingerprint density at radius 2 is 0.800 bits per heavy atom. The lowest BCUT2D eigenvalue weighted by molar-refractivity contribution is -0.138. The number of carboxylic acids is 2. The molecule has 4 nitrogen and oxygen atoms in total. The van der Waals surface area contributed by atoms with E-state index in [1.807, 2.05) is 0 Å². The molecule has 0 rings (SSSR count). The summed E-state index contributed by atoms with van der Waals surface area (Å²) in [5.41, 5.74) is 0. The molecule has 4 heteroatoms. The third kappa shape index (κ3) is 28.2. The summed E-state index contributed by atoms with van der Waals surface area (Å²) in [7, 11) is 0. The second-order valence-electron chi connectivity index (χ2n) is 12.4. The molecular weight excluding hydrogens is 496 g/mol. The first-order valence-corrected chi connectivity index (χ1v) is 17.6. The van der Waals surface area contributed by atoms with Crippen LogP contribution in [0.15, 0.2) is 12.2 Å². The fourth-order valence-corrected chi connectivity index (χ4v) is 6.09. The minimum absolute atomic E-state index is 0.315. The number of rotatable bonds is 32. The molecular formula is C36H68O4. The van der Waals surface area contributed by atoms with Crippen LogP contribution in [0.1, 0.15) is 194 Å². The van der Waals surface area contributed by atoms with E-state index in [1.54, 1.807) is 0 Å². The summed E-state index contributed by atoms with van der Waals surface area (Å²) in [4.78, 5) is 21.5. The topological polar surface area (TPSA) is 74.6 Å². The van der Waals surface area contributed by atoms with Crippen molar-refractivity contribution in [3.05, 3.63) is 12.2 Å². The molecule has 0 saturated heterocycles. The minimum atomic E-state index is -0.666. The molecule has 0 aliphatic carbocycles. The smallest absolute Gasteiger partial charge is 0.303 e. The summed E-state index contributed by atoms with van der Waals surface area (Å²) >= 11 is 0. The summed E-state index contributed by atoms with van der Waals surface area (Å²) in [6.45, 7) is 4.53. The van der Waals surface area contributed by atoms with Crippen molar-refractivity contribution in [1.29, 1.82) is 0 Å². The molecule has 0 spiro atoms. The van der Waals surface area contributed by atoms with Crippen LogP contribution in [-0.2, 0) is 9.59 Å². The van der Waals surface area contributed by atoms with E-state index in [0.717, 1.165) is 37.5 Å². The second-order valence-corrected chi connectivity index (χ2v) is 12.4. The maximum atomic E-state index is 10.8. The van der Waals surface area contributed by atoms with Crippen LogP contribution in [0.3, 0.4) is 0 Å². The summed E-state index contributed by atoms with van der Waals surface area (Å²) in [5, 5.41) is 17.7. The van der Waals surface area contributed by atoms with Gasteiger partial charge in [-0.2, -0.15) is 0 Å². The first-order valence-electron chi connectivity index (χ1n) is 17.6. The zero-order valence-corrected chi connectivity index (χ0v) is 26.8. The van der Waals surface area contributed by atoms with Crippen LogP contribution >= 0.6 is 0 Å². The van der Waals surface area contributed by atoms with Gasteiger partial charge in [0.05, 0.1) is 0 Å². The largest absolute Gasteiger partial charge is 0.481 e. The molecule has 2 atom stereocenters. The average molecular weight is 565 g/mol. The quantitative estimate of drug-likeness (QED) is 0.0629. The molecule has 0 aliphatic heterocycles. The highest BCUT2D eigenvalue weighted by atomic mass is 16.4. The van der Waals surface area contributed by atoms with E-state index in [0.29, 0.717) is 12.8 Å². The number of allylic oxidation sites excluding steroid dienone is 2. The van der Waals surface area contributed by atoms with Crippen LogP contribution in [0.2, 0.25) is 0 Å². The van der Waals surface area contributed by atoms with Crippen LogP contribution < -0.4 is 0 Å². The molecule has 0 heterocycles. The Bertz CT molecular complexity index is 585. The van der Waals surface area contributed by atoms with Crippen molar-refractivity contribution in [3.63, 3.8) is 0 Å². The van der Waals surface area contributed by atoms with Crippen LogP contribution in [0.5, 0.6) is 0 Å². The fraction of sp³-hybridized carbons (Fsp3) is 0.889. The van der Waals surface area contributed by atoms with E-state index in [4.69, 9.17) is 10.2 Å². The number of hydrogen-bond donors (Lipinski definition) is 2. The summed E-state index contributed by atoms with van der Waals surface area (Å²) < 4.78 is 0. The molecule has 40 heavy (non-hydrogen) atoms. The normalized spacial score (nSPS) is 13.2. The lowest BCUT2D eigenvalue weighted by Crippen LogP contribution is -2.16. The average Bonchev–Trinajstić information content (AvgIpc) is 2.92. The lowest BCUT2D eigenvalue weighted by atomic mass is 9.78. The Labute approximate surface area is 249 Å². The predicted octanol–water partition coefficient (Wildman–Crippen LogP) is 11.9. The molecule has 0 aromatic heterocycles. The number of hydrogen-bond acceptors (Lipinski definition) is 2. The van der Waals surface area contributed by atoms with Crippen LogP contribution in [0.4, 0.5) is 0 Å². The molecule has 0 saturated carbocycles. The summed E-state index contributed by atoms with van der Waals surface area (Å²) in [6, 6.07) is 0. The number of carbonyl (C=O) groups is 2. The van der Waals surface area contributed by atoms with Gasteiger partial charge in [0.15, 0.2) is 0 Å². The van der Waals surface area contributed by atoms with Gasteiger partial charge in [-0.05, 0) is 43.9 Å². The Morgan fingerprint density at radius 3 is 1.20 bits per heavy atom. The van der Waals surface area contributed by atoms with E-state index in [1.165, 1.54) is 141 Å². The molecule has 0 radical (unpaired) electrons. The number of unbranched alkanes of at least 4 members (excludes halogenated alkanes) is 17. The molecule has 0 aromatic carbocycles. The Morgan fingerprint density at radius 1 is 0.450 bits per heavy atom. The van der Waals surface area contributed by atoms with Gasteiger partial charge in [-0.25, -0.2) is 0 Å². The van der Waals surface area contributed by atoms with Crippen molar-refractivity contribution in [2.24, 2.45) is 11.8 Å². The highest BCUT2D eigenvalue weighted by Crippen LogP contribution is 2.33. The number of aliphatic carboxylic acids is 2. The highest BCUT2D eigenvalue weighted by Gasteiger charge is 2.20. The Hall–Kier alpha value is -1.32. The van der Waals surface area contributed by atoms with Crippen molar-refractivity contribution in [2.75, 3.05) is 0 Å². The molecule has 0 aliphatic rings. The van der Waals surface area contributed by atoms with Gasteiger partial charge in [0, 0.05) is 12.8 Å². The highest BCUT2D eigenvalue weighted by molar-refractivity contribution is 5.66. The SMILES string of the molecule is CCC/C=C/CCCCC(CCCCCCCC(=O)O)C(CCCCCCCC)CCCCCCCCC(=O)O. The summed E-state index contributed by atoms with van der Waals surface area (Å²) in [6.07, 6.45) is 37.9. The van der Waals surface area contributed by atoms with E-state index in [-0.39, 0.29) is 0 Å². The van der Waals surface area contributed by atoms with Gasteiger partial charge in [-0.1, -0.05) is 161 Å². The summed E-state index contributed by atoms with van der Waals surface area (Å²) in [5.74, 6) is 0.355. The number of carboxylic acid groups (broad SMARTS) is 2. The van der Waals surface area contributed by atoms with Crippen LogP contribution in [-0.4, -0.2) is 22.2 Å². The van der Waals surface area contributed by atoms with E-state index in [9.17, 15) is 9.59 Å². The van der Waals surface area contributed by atoms with Gasteiger partial charge in [0.1, 0.15) is 0 Å². The monoisotopic (exact) mass is 565 g/mol. The fourth-order valence-electron chi connectivity index (χ4n) is 6.09. The van der Waals surface area contributed by atoms with Crippen LogP contribution in [0.25, 0.3) is 0 Å². The zero-order chi connectivity index (χ0) is 29.5. The van der Waals surface area contributed by atoms with Crippen molar-refractivity contribution in [1.82, 2.24) is 0 Å². The molecule has 0 aromatic rings. The first kappa shape index (κ1) is 38.7. The lowest BCUT2D eigenvalue weighted by Gasteiger charge is -2.28. The third-order valence-corrected chi connectivity index (χ3v) is 8.59. The van der Waals surface area contributed by atoms with Gasteiger partial charge in [0.25, 0.3) is 0 Å². The standard InChI is InChI=1S/C36H68O4/c1-3-5-7-9-11-16-22-28-34(30-24-18-14-20-26-32-36(39)40)33(27-21-15-10-8-6-4-2)29-23-17-12-13-19-25-31-35(37)38/h7,9,33-34H,3-6,8,10-32H2,1-2H3,(H,37,38)(H,39,40)/b9-7+. The predicted molar refractivity (Wildman–Crippen MR) is 172 cm³/mol. The van der Waals surface area contributed by atoms with Gasteiger partial charge in [-0.15, -0.1) is 0 Å². The zero-order valence-electron chi connectivity index (χ0n) is 26.8. The Kier molecular flexibility index (Phi) is 29.6. The minimum Gasteiger partial charge on any atom is -0.481 e. The van der Waals surface area contributed by atoms with E-state index >= 15 is 0 Å². The van der Waals surface area contributed by atoms with Gasteiger partial charge < -0.3 is 10.2 Å². The maximum absolute atomic E-state index is 10.8. The second kappa shape index (κ2) is 30.6. The van der Waals surface area contributed by atoms with Crippen molar-refractivity contribution in [3.8, 4) is 0 Å². The third-order valence-electron chi connectivity index (χ3n) is 8.59. The van der Waals surface area contributed by atoms with E-state index in [2.05, 4.69) is 26.0 Å². The van der Waals surface area contributed by atoms with Crippen molar-refractivity contribution < 1.29 is 19.8 Å². The maximum Gasteiger partial charge on any atom is 0.303 e. The molecule has 0 amide bonds. The van der Waals surface area contributed by atoms with Gasteiger partial charge in [-0.3, -0.25) is 9.59 Å². The molecule has 0 fully saturated rings. The van der Waals surface area contributed by atoms with Gasteiger partial charge >= 0.3 is 11.9 Å². The van der Waals surface area contributed by atoms with E-state index < -0.39 is 11.9 Å². The molecule has 2 unspecified atom stereocenters. The molecule has 2 N–H and O–H groups in total. The Balaban J connectivity index is 4.80. The first-order chi connectivity index (χ1) is 19.5.